The molecule has 0 spiro atoms. The van der Waals surface area contributed by atoms with Gasteiger partial charge in [-0.1, -0.05) is 83.8 Å². The summed E-state index contributed by atoms with van der Waals surface area (Å²) in [5.41, 5.74) is 1.56. The number of unbranched alkanes of at least 4 members (excludes halogenated alkanes) is 8. The van der Waals surface area contributed by atoms with E-state index in [0.717, 1.165) is 30.6 Å². The van der Waals surface area contributed by atoms with Crippen LogP contribution in [0.1, 0.15) is 127 Å². The maximum atomic E-state index is 12.5. The molecule has 0 aliphatic heterocycles. The lowest BCUT2D eigenvalue weighted by atomic mass is 10.0. The Hall–Kier alpha value is -2.33. The van der Waals surface area contributed by atoms with Crippen LogP contribution >= 0.6 is 0 Å². The minimum atomic E-state index is -0.367. The zero-order chi connectivity index (χ0) is 26.0. The predicted octanol–water partition coefficient (Wildman–Crippen LogP) is 9.47. The van der Waals surface area contributed by atoms with Crippen molar-refractivity contribution in [3.05, 3.63) is 59.7 Å². The number of hydrogen-bond acceptors (Lipinski definition) is 4. The van der Waals surface area contributed by atoms with Gasteiger partial charge in [0.2, 0.25) is 0 Å². The Bertz CT molecular complexity index is 828. The number of ether oxygens (including phenoxy) is 3. The molecule has 0 N–H and O–H groups in total. The van der Waals surface area contributed by atoms with E-state index in [0.29, 0.717) is 17.9 Å². The highest BCUT2D eigenvalue weighted by Gasteiger charge is 2.13. The lowest BCUT2D eigenvalue weighted by Crippen LogP contribution is -2.16. The molecule has 0 radical (unpaired) electrons. The van der Waals surface area contributed by atoms with Crippen LogP contribution in [-0.4, -0.2) is 18.7 Å². The number of carbonyl (C=O) groups is 1. The van der Waals surface area contributed by atoms with E-state index >= 15 is 0 Å². The fraction of sp³-hybridized carbons (Fsp3) is 0.594. The van der Waals surface area contributed by atoms with Gasteiger partial charge in [0.1, 0.15) is 11.5 Å². The SMILES string of the molecule is CCCCCCCCCCCC(CCC)Oc1ccc(OC(=O)c2ccc(C(C)OCC)cc2)cc1. The molecule has 36 heavy (non-hydrogen) atoms. The fourth-order valence-corrected chi connectivity index (χ4v) is 4.45. The van der Waals surface area contributed by atoms with Gasteiger partial charge in [-0.15, -0.1) is 0 Å². The average molecular weight is 497 g/mol. The van der Waals surface area contributed by atoms with Crippen LogP contribution in [0.3, 0.4) is 0 Å². The van der Waals surface area contributed by atoms with Crippen molar-refractivity contribution >= 4 is 5.97 Å². The summed E-state index contributed by atoms with van der Waals surface area (Å²) in [6, 6.07) is 14.8. The van der Waals surface area contributed by atoms with Crippen LogP contribution in [0.25, 0.3) is 0 Å². The van der Waals surface area contributed by atoms with Crippen molar-refractivity contribution in [2.45, 2.75) is 117 Å². The van der Waals surface area contributed by atoms with E-state index in [4.69, 9.17) is 14.2 Å². The molecule has 4 nitrogen and oxygen atoms in total. The molecule has 200 valence electrons. The van der Waals surface area contributed by atoms with Crippen molar-refractivity contribution in [2.24, 2.45) is 0 Å². The van der Waals surface area contributed by atoms with Crippen molar-refractivity contribution < 1.29 is 19.0 Å². The molecule has 0 amide bonds. The van der Waals surface area contributed by atoms with Gasteiger partial charge in [0.05, 0.1) is 17.8 Å². The highest BCUT2D eigenvalue weighted by molar-refractivity contribution is 5.91. The minimum absolute atomic E-state index is 0.00414. The number of rotatable bonds is 19. The molecule has 2 aromatic carbocycles. The molecule has 0 aliphatic carbocycles. The summed E-state index contributed by atoms with van der Waals surface area (Å²) in [6.45, 7) is 9.11. The minimum Gasteiger partial charge on any atom is -0.490 e. The normalized spacial score (nSPS) is 12.8. The lowest BCUT2D eigenvalue weighted by molar-refractivity contribution is 0.0728. The summed E-state index contributed by atoms with van der Waals surface area (Å²) < 4.78 is 17.4. The van der Waals surface area contributed by atoms with Crippen molar-refractivity contribution in [3.63, 3.8) is 0 Å². The van der Waals surface area contributed by atoms with Crippen LogP contribution in [0.15, 0.2) is 48.5 Å². The lowest BCUT2D eigenvalue weighted by Gasteiger charge is -2.19. The summed E-state index contributed by atoms with van der Waals surface area (Å²) in [5.74, 6) is 0.983. The van der Waals surface area contributed by atoms with E-state index in [2.05, 4.69) is 13.8 Å². The van der Waals surface area contributed by atoms with Crippen molar-refractivity contribution in [1.29, 1.82) is 0 Å². The monoisotopic (exact) mass is 496 g/mol. The van der Waals surface area contributed by atoms with Gasteiger partial charge < -0.3 is 14.2 Å². The summed E-state index contributed by atoms with van der Waals surface area (Å²) in [7, 11) is 0. The Morgan fingerprint density at radius 1 is 0.694 bits per heavy atom. The third-order valence-corrected chi connectivity index (χ3v) is 6.61. The first kappa shape index (κ1) is 29.9. The maximum Gasteiger partial charge on any atom is 0.343 e. The summed E-state index contributed by atoms with van der Waals surface area (Å²) in [5, 5.41) is 0. The molecule has 0 aromatic heterocycles. The van der Waals surface area contributed by atoms with Gasteiger partial charge in [-0.3, -0.25) is 0 Å². The second-order valence-corrected chi connectivity index (χ2v) is 9.73. The van der Waals surface area contributed by atoms with Gasteiger partial charge >= 0.3 is 5.97 Å². The molecule has 0 saturated heterocycles. The predicted molar refractivity (Wildman–Crippen MR) is 149 cm³/mol. The van der Waals surface area contributed by atoms with E-state index in [9.17, 15) is 4.79 Å². The molecule has 2 rings (SSSR count). The fourth-order valence-electron chi connectivity index (χ4n) is 4.45. The Morgan fingerprint density at radius 2 is 1.28 bits per heavy atom. The van der Waals surface area contributed by atoms with Crippen LogP contribution in [-0.2, 0) is 4.74 Å². The maximum absolute atomic E-state index is 12.5. The molecule has 2 aromatic rings. The molecule has 0 aliphatic rings. The van der Waals surface area contributed by atoms with E-state index in [-0.39, 0.29) is 18.2 Å². The van der Waals surface area contributed by atoms with Crippen molar-refractivity contribution in [2.75, 3.05) is 6.61 Å². The van der Waals surface area contributed by atoms with Gasteiger partial charge in [0.15, 0.2) is 0 Å². The quantitative estimate of drug-likeness (QED) is 0.110. The number of esters is 1. The van der Waals surface area contributed by atoms with Crippen molar-refractivity contribution in [1.82, 2.24) is 0 Å². The van der Waals surface area contributed by atoms with Crippen molar-refractivity contribution in [3.8, 4) is 11.5 Å². The average Bonchev–Trinajstić information content (AvgIpc) is 2.89. The molecule has 0 fully saturated rings. The molecule has 0 bridgehead atoms. The highest BCUT2D eigenvalue weighted by atomic mass is 16.5. The van der Waals surface area contributed by atoms with Gasteiger partial charge in [-0.2, -0.15) is 0 Å². The second kappa shape index (κ2) is 18.0. The zero-order valence-electron chi connectivity index (χ0n) is 23.1. The Kier molecular flexibility index (Phi) is 14.9. The number of hydrogen-bond donors (Lipinski definition) is 0. The van der Waals surface area contributed by atoms with Crippen LogP contribution in [0.5, 0.6) is 11.5 Å². The van der Waals surface area contributed by atoms with E-state index in [1.165, 1.54) is 57.8 Å². The van der Waals surface area contributed by atoms with Gasteiger partial charge in [0.25, 0.3) is 0 Å². The van der Waals surface area contributed by atoms with Crippen LogP contribution in [0, 0.1) is 0 Å². The van der Waals surface area contributed by atoms with Crippen LogP contribution < -0.4 is 9.47 Å². The molecule has 2 unspecified atom stereocenters. The largest absolute Gasteiger partial charge is 0.490 e. The summed E-state index contributed by atoms with van der Waals surface area (Å²) in [4.78, 5) is 12.5. The van der Waals surface area contributed by atoms with E-state index < -0.39 is 0 Å². The summed E-state index contributed by atoms with van der Waals surface area (Å²) >= 11 is 0. The first-order valence-corrected chi connectivity index (χ1v) is 14.3. The summed E-state index contributed by atoms with van der Waals surface area (Å²) in [6.07, 6.45) is 15.6. The number of carbonyl (C=O) groups excluding carboxylic acids is 1. The van der Waals surface area contributed by atoms with Crippen LogP contribution in [0.4, 0.5) is 0 Å². The zero-order valence-corrected chi connectivity index (χ0v) is 23.1. The van der Waals surface area contributed by atoms with Gasteiger partial charge in [-0.25, -0.2) is 4.79 Å². The molecule has 0 saturated carbocycles. The molecule has 0 heterocycles. The first-order chi connectivity index (χ1) is 17.6. The van der Waals surface area contributed by atoms with Gasteiger partial charge in [-0.05, 0) is 75.1 Å². The standard InChI is InChI=1S/C32H48O4/c1-5-8-9-10-11-12-13-14-15-17-29(16-6-2)35-30-22-24-31(25-23-30)36-32(33)28-20-18-27(19-21-28)26(4)34-7-3/h18-26,29H,5-17H2,1-4H3. The first-order valence-electron chi connectivity index (χ1n) is 14.3. The van der Waals surface area contributed by atoms with E-state index in [1.54, 1.807) is 24.3 Å². The second-order valence-electron chi connectivity index (χ2n) is 9.73. The Morgan fingerprint density at radius 3 is 1.86 bits per heavy atom. The molecular formula is C32H48O4. The highest BCUT2D eigenvalue weighted by Crippen LogP contribution is 2.23. The molecule has 4 heteroatoms. The Labute approximate surface area is 219 Å². The smallest absolute Gasteiger partial charge is 0.343 e. The van der Waals surface area contributed by atoms with Gasteiger partial charge in [0, 0.05) is 6.61 Å². The van der Waals surface area contributed by atoms with Crippen LogP contribution in [0.2, 0.25) is 0 Å². The topological polar surface area (TPSA) is 44.8 Å². The molecule has 2 atom stereocenters. The molecular weight excluding hydrogens is 448 g/mol. The Balaban J connectivity index is 1.76. The third-order valence-electron chi connectivity index (χ3n) is 6.61. The van der Waals surface area contributed by atoms with E-state index in [1.807, 2.05) is 38.1 Å². The number of benzene rings is 2. The third kappa shape index (κ3) is 11.6.